The number of likely N-dealkylation sites (tertiary alicyclic amines) is 1. The van der Waals surface area contributed by atoms with Crippen molar-refractivity contribution in [1.82, 2.24) is 19.7 Å². The molecular formula is C25H30FN5O3S. The van der Waals surface area contributed by atoms with E-state index < -0.39 is 5.25 Å². The summed E-state index contributed by atoms with van der Waals surface area (Å²) in [6.07, 6.45) is 3.57. The average Bonchev–Trinajstić information content (AvgIpc) is 3.26. The van der Waals surface area contributed by atoms with Crippen molar-refractivity contribution in [3.63, 3.8) is 0 Å². The molecule has 0 unspecified atom stereocenters. The molecule has 3 aromatic rings. The molecule has 1 N–H and O–H groups in total. The Morgan fingerprint density at radius 2 is 1.71 bits per heavy atom. The highest BCUT2D eigenvalue weighted by atomic mass is 32.2. The summed E-state index contributed by atoms with van der Waals surface area (Å²) < 4.78 is 26.1. The third-order valence-electron chi connectivity index (χ3n) is 5.87. The lowest BCUT2D eigenvalue weighted by Crippen LogP contribution is -2.30. The summed E-state index contributed by atoms with van der Waals surface area (Å²) in [5, 5.41) is 11.9. The third-order valence-corrected chi connectivity index (χ3v) is 6.91. The fourth-order valence-electron chi connectivity index (χ4n) is 3.98. The number of benzene rings is 2. The monoisotopic (exact) mass is 499 g/mol. The van der Waals surface area contributed by atoms with Gasteiger partial charge in [0, 0.05) is 29.6 Å². The van der Waals surface area contributed by atoms with Gasteiger partial charge >= 0.3 is 0 Å². The highest BCUT2D eigenvalue weighted by molar-refractivity contribution is 8.00. The van der Waals surface area contributed by atoms with Gasteiger partial charge in [0.25, 0.3) is 0 Å². The van der Waals surface area contributed by atoms with Gasteiger partial charge in [-0.3, -0.25) is 14.3 Å². The van der Waals surface area contributed by atoms with Crippen LogP contribution in [0.5, 0.6) is 11.5 Å². The molecule has 2 aromatic carbocycles. The predicted molar refractivity (Wildman–Crippen MR) is 134 cm³/mol. The second-order valence-electron chi connectivity index (χ2n) is 8.40. The maximum Gasteiger partial charge on any atom is 0.237 e. The van der Waals surface area contributed by atoms with E-state index in [2.05, 4.69) is 20.4 Å². The van der Waals surface area contributed by atoms with E-state index in [1.54, 1.807) is 44.6 Å². The molecule has 10 heteroatoms. The number of rotatable bonds is 9. The standard InChI is InChI=1S/C25H30FN5O3S/c1-17(24(32)27-19-13-21(33-2)15-22(14-19)34-3)35-25-29-28-23(16-30-11-5-4-6-12-30)31(25)20-9-7-18(26)8-10-20/h7-10,13-15,17H,4-6,11-12,16H2,1-3H3,(H,27,32)/t17-/m1/s1. The van der Waals surface area contributed by atoms with Gasteiger partial charge in [0.05, 0.1) is 26.0 Å². The van der Waals surface area contributed by atoms with Gasteiger partial charge < -0.3 is 14.8 Å². The first-order valence-corrected chi connectivity index (χ1v) is 12.5. The number of carbonyl (C=O) groups is 1. The van der Waals surface area contributed by atoms with Crippen LogP contribution in [-0.4, -0.2) is 58.1 Å². The molecule has 0 radical (unpaired) electrons. The van der Waals surface area contributed by atoms with Gasteiger partial charge in [-0.15, -0.1) is 10.2 Å². The number of nitrogens with zero attached hydrogens (tertiary/aromatic N) is 4. The van der Waals surface area contributed by atoms with Crippen LogP contribution in [0.15, 0.2) is 47.6 Å². The van der Waals surface area contributed by atoms with Crippen LogP contribution < -0.4 is 14.8 Å². The van der Waals surface area contributed by atoms with Gasteiger partial charge in [-0.1, -0.05) is 18.2 Å². The smallest absolute Gasteiger partial charge is 0.237 e. The van der Waals surface area contributed by atoms with Crippen molar-refractivity contribution in [3.8, 4) is 17.2 Å². The molecule has 186 valence electrons. The van der Waals surface area contributed by atoms with Gasteiger partial charge in [0.15, 0.2) is 11.0 Å². The summed E-state index contributed by atoms with van der Waals surface area (Å²) in [5.41, 5.74) is 1.33. The molecule has 0 spiro atoms. The molecule has 1 fully saturated rings. The molecule has 2 heterocycles. The van der Waals surface area contributed by atoms with Gasteiger partial charge in [-0.25, -0.2) is 4.39 Å². The number of piperidine rings is 1. The molecular weight excluding hydrogens is 469 g/mol. The number of hydrogen-bond acceptors (Lipinski definition) is 7. The quantitative estimate of drug-likeness (QED) is 0.433. The van der Waals surface area contributed by atoms with E-state index in [-0.39, 0.29) is 11.7 Å². The van der Waals surface area contributed by atoms with Crippen molar-refractivity contribution in [3.05, 3.63) is 54.1 Å². The molecule has 1 saturated heterocycles. The largest absolute Gasteiger partial charge is 0.497 e. The molecule has 1 aliphatic heterocycles. The van der Waals surface area contributed by atoms with E-state index in [1.165, 1.54) is 43.2 Å². The van der Waals surface area contributed by atoms with E-state index in [9.17, 15) is 9.18 Å². The second kappa shape index (κ2) is 11.5. The maximum atomic E-state index is 13.6. The molecule has 1 aliphatic rings. The molecule has 35 heavy (non-hydrogen) atoms. The van der Waals surface area contributed by atoms with E-state index in [0.717, 1.165) is 24.6 Å². The molecule has 1 atom stereocenters. The SMILES string of the molecule is COc1cc(NC(=O)[C@@H](C)Sc2nnc(CN3CCCCC3)n2-c2ccc(F)cc2)cc(OC)c1. The Labute approximate surface area is 208 Å². The van der Waals surface area contributed by atoms with Crippen molar-refractivity contribution in [1.29, 1.82) is 0 Å². The number of hydrogen-bond donors (Lipinski definition) is 1. The van der Waals surface area contributed by atoms with Gasteiger partial charge in [-0.05, 0) is 57.1 Å². The minimum Gasteiger partial charge on any atom is -0.497 e. The van der Waals surface area contributed by atoms with Crippen LogP contribution in [0.1, 0.15) is 32.0 Å². The number of amides is 1. The lowest BCUT2D eigenvalue weighted by Gasteiger charge is -2.26. The highest BCUT2D eigenvalue weighted by Gasteiger charge is 2.23. The van der Waals surface area contributed by atoms with E-state index in [4.69, 9.17) is 9.47 Å². The molecule has 4 rings (SSSR count). The summed E-state index contributed by atoms with van der Waals surface area (Å²) >= 11 is 1.30. The zero-order chi connectivity index (χ0) is 24.8. The number of aromatic nitrogens is 3. The number of ether oxygens (including phenoxy) is 2. The molecule has 0 bridgehead atoms. The van der Waals surface area contributed by atoms with Crippen LogP contribution in [0.2, 0.25) is 0 Å². The Balaban J connectivity index is 1.54. The van der Waals surface area contributed by atoms with Gasteiger partial charge in [-0.2, -0.15) is 0 Å². The number of nitrogens with one attached hydrogen (secondary N) is 1. The summed E-state index contributed by atoms with van der Waals surface area (Å²) in [6.45, 7) is 4.49. The first kappa shape index (κ1) is 25.0. The van der Waals surface area contributed by atoms with Crippen LogP contribution in [0.4, 0.5) is 10.1 Å². The second-order valence-corrected chi connectivity index (χ2v) is 9.71. The van der Waals surface area contributed by atoms with Crippen LogP contribution in [0.3, 0.4) is 0 Å². The van der Waals surface area contributed by atoms with Crippen molar-refractivity contribution < 1.29 is 18.7 Å². The first-order chi connectivity index (χ1) is 17.0. The van der Waals surface area contributed by atoms with Crippen molar-refractivity contribution >= 4 is 23.4 Å². The van der Waals surface area contributed by atoms with Crippen molar-refractivity contribution in [2.75, 3.05) is 32.6 Å². The third kappa shape index (κ3) is 6.32. The zero-order valence-corrected chi connectivity index (χ0v) is 21.0. The lowest BCUT2D eigenvalue weighted by molar-refractivity contribution is -0.115. The molecule has 1 aromatic heterocycles. The molecule has 8 nitrogen and oxygen atoms in total. The minimum atomic E-state index is -0.474. The van der Waals surface area contributed by atoms with E-state index in [1.807, 2.05) is 11.5 Å². The first-order valence-electron chi connectivity index (χ1n) is 11.6. The fraction of sp³-hybridized carbons (Fsp3) is 0.400. The van der Waals surface area contributed by atoms with Crippen LogP contribution in [-0.2, 0) is 11.3 Å². The summed E-state index contributed by atoms with van der Waals surface area (Å²) in [7, 11) is 3.12. The number of anilines is 1. The number of methoxy groups -OCH3 is 2. The Morgan fingerprint density at radius 1 is 1.06 bits per heavy atom. The van der Waals surface area contributed by atoms with E-state index >= 15 is 0 Å². The van der Waals surface area contributed by atoms with Gasteiger partial charge in [0.2, 0.25) is 5.91 Å². The molecule has 0 aliphatic carbocycles. The number of halogens is 1. The maximum absolute atomic E-state index is 13.6. The van der Waals surface area contributed by atoms with E-state index in [0.29, 0.717) is 28.9 Å². The molecule has 0 saturated carbocycles. The Hall–Kier alpha value is -3.11. The summed E-state index contributed by atoms with van der Waals surface area (Å²) in [6, 6.07) is 11.4. The average molecular weight is 500 g/mol. The Morgan fingerprint density at radius 3 is 2.34 bits per heavy atom. The fourth-order valence-corrected chi connectivity index (χ4v) is 4.87. The minimum absolute atomic E-state index is 0.198. The zero-order valence-electron chi connectivity index (χ0n) is 20.2. The van der Waals surface area contributed by atoms with Crippen LogP contribution in [0.25, 0.3) is 5.69 Å². The van der Waals surface area contributed by atoms with Crippen molar-refractivity contribution in [2.24, 2.45) is 0 Å². The van der Waals surface area contributed by atoms with Crippen molar-refractivity contribution in [2.45, 2.75) is 43.1 Å². The summed E-state index contributed by atoms with van der Waals surface area (Å²) in [4.78, 5) is 15.4. The van der Waals surface area contributed by atoms with Crippen LogP contribution >= 0.6 is 11.8 Å². The Bertz CT molecular complexity index is 1130. The van der Waals surface area contributed by atoms with Crippen LogP contribution in [0, 0.1) is 5.82 Å². The number of thioether (sulfide) groups is 1. The Kier molecular flexibility index (Phi) is 8.25. The molecule has 1 amide bonds. The topological polar surface area (TPSA) is 81.5 Å². The predicted octanol–water partition coefficient (Wildman–Crippen LogP) is 4.53. The number of carbonyl (C=O) groups excluding carboxylic acids is 1. The lowest BCUT2D eigenvalue weighted by atomic mass is 10.1. The normalized spacial score (nSPS) is 15.0. The summed E-state index contributed by atoms with van der Waals surface area (Å²) in [5.74, 6) is 1.43. The highest BCUT2D eigenvalue weighted by Crippen LogP contribution is 2.29. The van der Waals surface area contributed by atoms with Gasteiger partial charge in [0.1, 0.15) is 17.3 Å².